The van der Waals surface area contributed by atoms with Gasteiger partial charge in [-0.15, -0.1) is 0 Å². The van der Waals surface area contributed by atoms with Crippen LogP contribution in [0.4, 0.5) is 10.7 Å². The molecule has 1 N–H and O–H groups in total. The number of ether oxygens (including phenoxy) is 1. The van der Waals surface area contributed by atoms with Crippen LogP contribution in [0.3, 0.4) is 0 Å². The minimum atomic E-state index is -0.539. The van der Waals surface area contributed by atoms with Crippen LogP contribution in [0, 0.1) is 0 Å². The van der Waals surface area contributed by atoms with Crippen molar-refractivity contribution < 1.29 is 9.53 Å². The predicted molar refractivity (Wildman–Crippen MR) is 59.8 cm³/mol. The van der Waals surface area contributed by atoms with Crippen LogP contribution in [0.25, 0.3) is 0 Å². The molecule has 0 radical (unpaired) electrons. The van der Waals surface area contributed by atoms with E-state index in [2.05, 4.69) is 15.4 Å². The average Bonchev–Trinajstić information content (AvgIpc) is 2.16. The first-order valence-electron chi connectivity index (χ1n) is 4.89. The number of hydrogen-bond acceptors (Lipinski definition) is 5. The Morgan fingerprint density at radius 1 is 1.38 bits per heavy atom. The second-order valence-electron chi connectivity index (χ2n) is 4.22. The number of amides is 1. The van der Waals surface area contributed by atoms with E-state index in [1.54, 1.807) is 46.3 Å². The van der Waals surface area contributed by atoms with Crippen molar-refractivity contribution in [2.75, 3.05) is 12.1 Å². The second kappa shape index (κ2) is 4.78. The molecule has 1 heterocycles. The number of carbonyl (C=O) groups excluding carboxylic acids is 1. The van der Waals surface area contributed by atoms with Gasteiger partial charge < -0.3 is 4.74 Å². The Hall–Kier alpha value is -1.85. The summed E-state index contributed by atoms with van der Waals surface area (Å²) in [5, 5.41) is 1.40. The number of hydrogen-bond donors (Lipinski definition) is 1. The summed E-state index contributed by atoms with van der Waals surface area (Å²) in [6, 6.07) is 1.70. The third kappa shape index (κ3) is 4.12. The lowest BCUT2D eigenvalue weighted by molar-refractivity contribution is 0.0523. The van der Waals surface area contributed by atoms with Crippen molar-refractivity contribution in [2.45, 2.75) is 26.4 Å². The van der Waals surface area contributed by atoms with Crippen LogP contribution in [-0.4, -0.2) is 28.7 Å². The summed E-state index contributed by atoms with van der Waals surface area (Å²) >= 11 is 0. The SMILES string of the molecule is CN(NC(=O)OC(C)(C)C)c1ncccn1. The lowest BCUT2D eigenvalue weighted by Gasteiger charge is -2.23. The molecule has 1 amide bonds. The Morgan fingerprint density at radius 2 is 1.94 bits per heavy atom. The zero-order chi connectivity index (χ0) is 12.2. The fraction of sp³-hybridized carbons (Fsp3) is 0.500. The maximum Gasteiger partial charge on any atom is 0.426 e. The molecule has 6 heteroatoms. The zero-order valence-electron chi connectivity index (χ0n) is 9.89. The van der Waals surface area contributed by atoms with Crippen molar-refractivity contribution in [1.82, 2.24) is 15.4 Å². The van der Waals surface area contributed by atoms with Crippen LogP contribution in [0.15, 0.2) is 18.5 Å². The summed E-state index contributed by atoms with van der Waals surface area (Å²) in [5.74, 6) is 0.397. The number of nitrogens with one attached hydrogen (secondary N) is 1. The van der Waals surface area contributed by atoms with Crippen LogP contribution < -0.4 is 10.4 Å². The number of aromatic nitrogens is 2. The second-order valence-corrected chi connectivity index (χ2v) is 4.22. The third-order valence-electron chi connectivity index (χ3n) is 1.51. The summed E-state index contributed by atoms with van der Waals surface area (Å²) in [7, 11) is 1.64. The van der Waals surface area contributed by atoms with E-state index < -0.39 is 11.7 Å². The largest absolute Gasteiger partial charge is 0.443 e. The normalized spacial score (nSPS) is 10.8. The molecule has 0 bridgehead atoms. The summed E-state index contributed by atoms with van der Waals surface area (Å²) in [6.07, 6.45) is 2.65. The molecule has 6 nitrogen and oxygen atoms in total. The summed E-state index contributed by atoms with van der Waals surface area (Å²) in [5.41, 5.74) is 1.97. The molecule has 0 spiro atoms. The van der Waals surface area contributed by atoms with E-state index >= 15 is 0 Å². The first-order chi connectivity index (χ1) is 7.38. The summed E-state index contributed by atoms with van der Waals surface area (Å²) in [4.78, 5) is 19.4. The molecular formula is C10H16N4O2. The molecule has 0 aliphatic rings. The van der Waals surface area contributed by atoms with Crippen LogP contribution in [0.2, 0.25) is 0 Å². The maximum absolute atomic E-state index is 11.4. The number of nitrogens with zero attached hydrogens (tertiary/aromatic N) is 3. The standard InChI is InChI=1S/C10H16N4O2/c1-10(2,3)16-9(15)13-14(4)8-11-6-5-7-12-8/h5-7H,1-4H3,(H,13,15). The molecule has 0 saturated carbocycles. The van der Waals surface area contributed by atoms with Gasteiger partial charge in [0.2, 0.25) is 5.95 Å². The highest BCUT2D eigenvalue weighted by Gasteiger charge is 2.17. The van der Waals surface area contributed by atoms with Crippen LogP contribution >= 0.6 is 0 Å². The molecule has 16 heavy (non-hydrogen) atoms. The zero-order valence-corrected chi connectivity index (χ0v) is 9.89. The van der Waals surface area contributed by atoms with Gasteiger partial charge in [0.25, 0.3) is 0 Å². The van der Waals surface area contributed by atoms with Gasteiger partial charge in [-0.25, -0.2) is 20.2 Å². The predicted octanol–water partition coefficient (Wildman–Crippen LogP) is 1.35. The van der Waals surface area contributed by atoms with Crippen molar-refractivity contribution in [3.63, 3.8) is 0 Å². The first kappa shape index (κ1) is 12.2. The highest BCUT2D eigenvalue weighted by atomic mass is 16.6. The van der Waals surface area contributed by atoms with Crippen molar-refractivity contribution in [3.8, 4) is 0 Å². The molecule has 1 rings (SSSR count). The van der Waals surface area contributed by atoms with Crippen LogP contribution in [0.5, 0.6) is 0 Å². The van der Waals surface area contributed by atoms with Crippen molar-refractivity contribution in [1.29, 1.82) is 0 Å². The smallest absolute Gasteiger partial charge is 0.426 e. The Morgan fingerprint density at radius 3 is 2.44 bits per heavy atom. The Labute approximate surface area is 94.6 Å². The number of hydrazine groups is 1. The van der Waals surface area contributed by atoms with Gasteiger partial charge in [0.05, 0.1) is 0 Å². The lowest BCUT2D eigenvalue weighted by atomic mass is 10.2. The first-order valence-corrected chi connectivity index (χ1v) is 4.89. The summed E-state index contributed by atoms with van der Waals surface area (Å²) in [6.45, 7) is 5.39. The van der Waals surface area contributed by atoms with Crippen LogP contribution in [-0.2, 0) is 4.74 Å². The quantitative estimate of drug-likeness (QED) is 0.768. The molecule has 1 aromatic heterocycles. The monoisotopic (exact) mass is 224 g/mol. The molecule has 0 atom stereocenters. The van der Waals surface area contributed by atoms with E-state index in [0.29, 0.717) is 5.95 Å². The summed E-state index contributed by atoms with van der Waals surface area (Å²) < 4.78 is 5.08. The Kier molecular flexibility index (Phi) is 3.65. The van der Waals surface area contributed by atoms with E-state index in [4.69, 9.17) is 4.74 Å². The van der Waals surface area contributed by atoms with Gasteiger partial charge in [-0.1, -0.05) is 0 Å². The van der Waals surface area contributed by atoms with Gasteiger partial charge in [-0.3, -0.25) is 5.01 Å². The van der Waals surface area contributed by atoms with Gasteiger partial charge in [-0.05, 0) is 26.8 Å². The third-order valence-corrected chi connectivity index (χ3v) is 1.51. The lowest BCUT2D eigenvalue weighted by Crippen LogP contribution is -2.43. The molecule has 1 aromatic rings. The molecule has 0 aliphatic heterocycles. The molecular weight excluding hydrogens is 208 g/mol. The van der Waals surface area contributed by atoms with Crippen molar-refractivity contribution >= 4 is 12.0 Å². The topological polar surface area (TPSA) is 67.4 Å². The number of anilines is 1. The number of rotatable bonds is 2. The molecule has 0 aliphatic carbocycles. The molecule has 0 saturated heterocycles. The van der Waals surface area contributed by atoms with Gasteiger partial charge >= 0.3 is 6.09 Å². The number of carbonyl (C=O) groups is 1. The average molecular weight is 224 g/mol. The fourth-order valence-electron chi connectivity index (χ4n) is 0.952. The van der Waals surface area contributed by atoms with Crippen molar-refractivity contribution in [2.24, 2.45) is 0 Å². The molecule has 0 unspecified atom stereocenters. The molecule has 88 valence electrons. The van der Waals surface area contributed by atoms with Gasteiger partial charge in [0.1, 0.15) is 5.60 Å². The van der Waals surface area contributed by atoms with Crippen molar-refractivity contribution in [3.05, 3.63) is 18.5 Å². The fourth-order valence-corrected chi connectivity index (χ4v) is 0.952. The van der Waals surface area contributed by atoms with Gasteiger partial charge in [0.15, 0.2) is 0 Å². The van der Waals surface area contributed by atoms with E-state index in [9.17, 15) is 4.79 Å². The maximum atomic E-state index is 11.4. The minimum Gasteiger partial charge on any atom is -0.443 e. The molecule has 0 aromatic carbocycles. The highest BCUT2D eigenvalue weighted by molar-refractivity contribution is 5.69. The van der Waals surface area contributed by atoms with E-state index in [1.165, 1.54) is 5.01 Å². The van der Waals surface area contributed by atoms with E-state index in [0.717, 1.165) is 0 Å². The molecule has 0 fully saturated rings. The minimum absolute atomic E-state index is 0.397. The Balaban J connectivity index is 2.52. The van der Waals surface area contributed by atoms with E-state index in [1.807, 2.05) is 0 Å². The van der Waals surface area contributed by atoms with Crippen LogP contribution in [0.1, 0.15) is 20.8 Å². The van der Waals surface area contributed by atoms with E-state index in [-0.39, 0.29) is 0 Å². The highest BCUT2D eigenvalue weighted by Crippen LogP contribution is 2.07. The van der Waals surface area contributed by atoms with Gasteiger partial charge in [0, 0.05) is 19.4 Å². The van der Waals surface area contributed by atoms with Gasteiger partial charge in [-0.2, -0.15) is 0 Å². The Bertz CT molecular complexity index is 348.